The quantitative estimate of drug-likeness (QED) is 0.122. The molecule has 332 valence electrons. The zero-order chi connectivity index (χ0) is 44.7. The molecular weight excluding hydrogens is 739 g/mol. The van der Waals surface area contributed by atoms with E-state index in [1.54, 1.807) is 6.92 Å². The summed E-state index contributed by atoms with van der Waals surface area (Å²) in [5.41, 5.74) is 5.20. The fourth-order valence-corrected chi connectivity index (χ4v) is 6.55. The molecule has 3 rings (SSSR count). The van der Waals surface area contributed by atoms with Crippen LogP contribution >= 0.6 is 0 Å². The van der Waals surface area contributed by atoms with E-state index < -0.39 is 12.1 Å². The van der Waals surface area contributed by atoms with E-state index in [0.717, 1.165) is 70.1 Å². The average molecular weight is 818 g/mol. The lowest BCUT2D eigenvalue weighted by Gasteiger charge is -2.41. The monoisotopic (exact) mass is 818 g/mol. The number of carbonyl (C=O) groups excluding carboxylic acids is 5. The minimum absolute atomic E-state index is 0.0175. The molecular formula is C44H79N7O7. The van der Waals surface area contributed by atoms with Crippen LogP contribution in [0.2, 0.25) is 0 Å². The number of aldehydes is 1. The van der Waals surface area contributed by atoms with E-state index in [1.807, 2.05) is 58.2 Å². The van der Waals surface area contributed by atoms with Gasteiger partial charge in [0.05, 0.1) is 18.1 Å². The number of amides is 5. The number of piperidine rings is 1. The Morgan fingerprint density at radius 1 is 0.948 bits per heavy atom. The molecule has 0 aliphatic carbocycles. The molecule has 2 aliphatic heterocycles. The summed E-state index contributed by atoms with van der Waals surface area (Å²) in [5, 5.41) is 19.4. The number of primary amides is 1. The van der Waals surface area contributed by atoms with Crippen LogP contribution in [0, 0.1) is 22.2 Å². The van der Waals surface area contributed by atoms with Crippen LogP contribution in [-0.2, 0) is 25.7 Å². The molecule has 0 spiro atoms. The highest BCUT2D eigenvalue weighted by atomic mass is 16.4. The van der Waals surface area contributed by atoms with Gasteiger partial charge in [-0.25, -0.2) is 9.59 Å². The van der Waals surface area contributed by atoms with Crippen LogP contribution in [0.15, 0.2) is 30.3 Å². The van der Waals surface area contributed by atoms with E-state index in [4.69, 9.17) is 9.90 Å². The van der Waals surface area contributed by atoms with Crippen LogP contribution in [0.1, 0.15) is 127 Å². The van der Waals surface area contributed by atoms with Gasteiger partial charge in [-0.05, 0) is 93.4 Å². The molecule has 5 unspecified atom stereocenters. The molecule has 2 saturated heterocycles. The summed E-state index contributed by atoms with van der Waals surface area (Å²) >= 11 is 0. The third-order valence-electron chi connectivity index (χ3n) is 10.7. The number of nitrogens with zero attached hydrogens (tertiary/aromatic N) is 2. The van der Waals surface area contributed by atoms with Gasteiger partial charge in [0, 0.05) is 19.1 Å². The van der Waals surface area contributed by atoms with Crippen LogP contribution in [0.4, 0.5) is 9.59 Å². The number of carboxylic acid groups (broad SMARTS) is 1. The van der Waals surface area contributed by atoms with Crippen LogP contribution in [-0.4, -0.2) is 109 Å². The van der Waals surface area contributed by atoms with E-state index in [-0.39, 0.29) is 53.1 Å². The molecule has 2 heterocycles. The first kappa shape index (κ1) is 54.0. The molecule has 0 bridgehead atoms. The Hall–Kier alpha value is -4.04. The molecule has 0 aromatic heterocycles. The second kappa shape index (κ2) is 26.9. The first-order chi connectivity index (χ1) is 26.9. The Balaban J connectivity index is 0.000000864. The Kier molecular flexibility index (Phi) is 25.0. The van der Waals surface area contributed by atoms with Gasteiger partial charge in [0.2, 0.25) is 12.3 Å². The number of benzene rings is 1. The Bertz CT molecular complexity index is 1370. The number of hydrogen-bond donors (Lipinski definition) is 6. The maximum Gasteiger partial charge on any atom is 0.404 e. The zero-order valence-corrected chi connectivity index (χ0v) is 37.8. The van der Waals surface area contributed by atoms with Gasteiger partial charge in [-0.3, -0.25) is 19.3 Å². The minimum atomic E-state index is -0.992. The number of nitrogens with one attached hydrogen (secondary N) is 4. The number of carbonyl (C=O) groups is 6. The maximum atomic E-state index is 12.5. The van der Waals surface area contributed by atoms with E-state index in [1.165, 1.54) is 12.8 Å². The number of likely N-dealkylation sites (N-methyl/N-ethyl adjacent to an activating group) is 1. The number of nitrogens with two attached hydrogens (primary N) is 1. The van der Waals surface area contributed by atoms with Gasteiger partial charge in [-0.2, -0.15) is 0 Å². The van der Waals surface area contributed by atoms with Gasteiger partial charge in [-0.1, -0.05) is 112 Å². The van der Waals surface area contributed by atoms with Crippen molar-refractivity contribution in [2.75, 3.05) is 33.2 Å². The molecule has 2 aliphatic rings. The first-order valence-corrected chi connectivity index (χ1v) is 20.8. The van der Waals surface area contributed by atoms with Crippen LogP contribution < -0.4 is 27.0 Å². The smallest absolute Gasteiger partial charge is 0.404 e. The molecule has 1 aromatic rings. The number of hydrogen-bond acceptors (Lipinski definition) is 8. The zero-order valence-electron chi connectivity index (χ0n) is 37.8. The standard InChI is InChI=1S/C20H39N3O2.C15H28N2O2.C8H9NO2.CH3NO/c1-18(2,3)15(13-23-11-9-20(7,8)10-12-23)21-17(25)22-16(14-24)19(4,5)6;1-5-7-11(2)10-13(12(3)18)16-15(19)14-8-6-9-17(14)4;10-8(11)9-6-7-4-2-1-3-5-7;2-1-3/h14-16H,9-13H2,1-8H3,(H2,21,22,25);11,13-14H,5-10H2,1-4H3,(H,16,19);1-5,9H,6H2,(H,10,11);1H,(H2,2,3). The summed E-state index contributed by atoms with van der Waals surface area (Å²) in [7, 11) is 1.97. The predicted molar refractivity (Wildman–Crippen MR) is 232 cm³/mol. The summed E-state index contributed by atoms with van der Waals surface area (Å²) < 4.78 is 0. The number of ketones is 1. The highest BCUT2D eigenvalue weighted by Crippen LogP contribution is 2.31. The third-order valence-corrected chi connectivity index (χ3v) is 10.7. The minimum Gasteiger partial charge on any atom is -0.465 e. The van der Waals surface area contributed by atoms with Crippen molar-refractivity contribution in [1.82, 2.24) is 31.1 Å². The van der Waals surface area contributed by atoms with Gasteiger partial charge in [0.25, 0.3) is 0 Å². The first-order valence-electron chi connectivity index (χ1n) is 20.8. The topological polar surface area (TPSA) is 203 Å². The highest BCUT2D eigenvalue weighted by Gasteiger charge is 2.34. The number of rotatable bonds is 14. The molecule has 14 nitrogen and oxygen atoms in total. The lowest BCUT2D eigenvalue weighted by atomic mass is 9.81. The van der Waals surface area contributed by atoms with E-state index in [2.05, 4.69) is 85.3 Å². The van der Waals surface area contributed by atoms with Gasteiger partial charge < -0.3 is 41.8 Å². The summed E-state index contributed by atoms with van der Waals surface area (Å²) in [5.74, 6) is 0.557. The molecule has 7 N–H and O–H groups in total. The summed E-state index contributed by atoms with van der Waals surface area (Å²) in [6, 6.07) is 8.29. The van der Waals surface area contributed by atoms with Crippen LogP contribution in [0.25, 0.3) is 0 Å². The largest absolute Gasteiger partial charge is 0.465 e. The fourth-order valence-electron chi connectivity index (χ4n) is 6.55. The summed E-state index contributed by atoms with van der Waals surface area (Å²) in [6.45, 7) is 27.1. The van der Waals surface area contributed by atoms with Crippen molar-refractivity contribution in [2.24, 2.45) is 27.9 Å². The molecule has 5 atom stereocenters. The third kappa shape index (κ3) is 23.4. The van der Waals surface area contributed by atoms with Crippen molar-refractivity contribution in [2.45, 2.75) is 152 Å². The average Bonchev–Trinajstić information content (AvgIpc) is 3.56. The Morgan fingerprint density at radius 3 is 1.95 bits per heavy atom. The van der Waals surface area contributed by atoms with E-state index >= 15 is 0 Å². The molecule has 5 amide bonds. The number of urea groups is 1. The molecule has 0 saturated carbocycles. The lowest BCUT2D eigenvalue weighted by molar-refractivity contribution is -0.129. The summed E-state index contributed by atoms with van der Waals surface area (Å²) in [4.78, 5) is 70.8. The number of likely N-dealkylation sites (tertiary alicyclic amines) is 2. The molecule has 14 heteroatoms. The predicted octanol–water partition coefficient (Wildman–Crippen LogP) is 5.97. The van der Waals surface area contributed by atoms with Crippen LogP contribution in [0.5, 0.6) is 0 Å². The van der Waals surface area contributed by atoms with E-state index in [9.17, 15) is 24.0 Å². The molecule has 2 fully saturated rings. The highest BCUT2D eigenvalue weighted by molar-refractivity contribution is 5.89. The van der Waals surface area contributed by atoms with Crippen molar-refractivity contribution >= 4 is 36.5 Å². The molecule has 1 aromatic carbocycles. The van der Waals surface area contributed by atoms with Gasteiger partial charge >= 0.3 is 12.1 Å². The van der Waals surface area contributed by atoms with E-state index in [0.29, 0.717) is 17.9 Å². The SMILES string of the molecule is CC1(C)CCN(CC(NC(=O)NC(C=O)C(C)(C)C)C(C)(C)C)CC1.CCCC(C)CC(NC(=O)C1CCCN1C)C(C)=O.NC=O.O=C(O)NCc1ccccc1. The second-order valence-corrected chi connectivity index (χ2v) is 18.7. The second-order valence-electron chi connectivity index (χ2n) is 18.7. The van der Waals surface area contributed by atoms with Crippen molar-refractivity contribution in [1.29, 1.82) is 0 Å². The maximum absolute atomic E-state index is 12.5. The van der Waals surface area contributed by atoms with Gasteiger partial charge in [0.1, 0.15) is 6.29 Å². The molecule has 0 radical (unpaired) electrons. The lowest BCUT2D eigenvalue weighted by Crippen LogP contribution is -2.57. The van der Waals surface area contributed by atoms with Gasteiger partial charge in [0.15, 0.2) is 5.78 Å². The fraction of sp³-hybridized carbons (Fsp3) is 0.727. The molecule has 58 heavy (non-hydrogen) atoms. The summed E-state index contributed by atoms with van der Waals surface area (Å²) in [6.07, 6.45) is 7.38. The Labute approximate surface area is 349 Å². The van der Waals surface area contributed by atoms with Crippen molar-refractivity contribution in [3.05, 3.63) is 35.9 Å². The van der Waals surface area contributed by atoms with Gasteiger partial charge in [-0.15, -0.1) is 0 Å². The van der Waals surface area contributed by atoms with Crippen molar-refractivity contribution in [3.8, 4) is 0 Å². The number of Topliss-reactive ketones (excluding diaryl/α,β-unsaturated/α-hetero) is 1. The Morgan fingerprint density at radius 2 is 1.52 bits per heavy atom. The van der Waals surface area contributed by atoms with Crippen molar-refractivity contribution in [3.63, 3.8) is 0 Å². The normalized spacial score (nSPS) is 18.7. The van der Waals surface area contributed by atoms with Crippen LogP contribution in [0.3, 0.4) is 0 Å². The van der Waals surface area contributed by atoms with Crippen molar-refractivity contribution < 1.29 is 33.9 Å².